The van der Waals surface area contributed by atoms with Gasteiger partial charge in [-0.3, -0.25) is 9.78 Å². The lowest BCUT2D eigenvalue weighted by Gasteiger charge is -2.21. The van der Waals surface area contributed by atoms with Gasteiger partial charge >= 0.3 is 6.03 Å². The maximum atomic E-state index is 12.5. The fraction of sp³-hybridized carbons (Fsp3) is 0.292. The summed E-state index contributed by atoms with van der Waals surface area (Å²) in [6.45, 7) is 1.35. The van der Waals surface area contributed by atoms with Gasteiger partial charge in [-0.05, 0) is 68.7 Å². The Balaban J connectivity index is 1.61. The van der Waals surface area contributed by atoms with Crippen molar-refractivity contribution in [2.75, 3.05) is 38.2 Å². The molecule has 0 aliphatic rings. The normalized spacial score (nSPS) is 11.7. The summed E-state index contributed by atoms with van der Waals surface area (Å²) in [5.74, 6) is -0.344. The number of anilines is 2. The highest BCUT2D eigenvalue weighted by molar-refractivity contribution is 7.09. The monoisotopic (exact) mass is 466 g/mol. The molecule has 0 saturated heterocycles. The summed E-state index contributed by atoms with van der Waals surface area (Å²) in [4.78, 5) is 32.6. The minimum atomic E-state index is -0.344. The zero-order valence-corrected chi connectivity index (χ0v) is 19.7. The van der Waals surface area contributed by atoms with Crippen LogP contribution in [0.25, 0.3) is 0 Å². The summed E-state index contributed by atoms with van der Waals surface area (Å²) in [6, 6.07) is 14.1. The van der Waals surface area contributed by atoms with E-state index in [0.717, 1.165) is 18.5 Å². The number of pyridine rings is 1. The fourth-order valence-electron chi connectivity index (χ4n) is 3.22. The summed E-state index contributed by atoms with van der Waals surface area (Å²) >= 11 is 1.68. The summed E-state index contributed by atoms with van der Waals surface area (Å²) in [7, 11) is 3.97. The second-order valence-corrected chi connectivity index (χ2v) is 8.92. The van der Waals surface area contributed by atoms with Gasteiger partial charge in [-0.1, -0.05) is 24.3 Å². The van der Waals surface area contributed by atoms with Gasteiger partial charge in [0.05, 0.1) is 17.4 Å². The topological polar surface area (TPSA) is 112 Å². The Bertz CT molecular complexity index is 1040. The summed E-state index contributed by atoms with van der Waals surface area (Å²) < 4.78 is 0. The van der Waals surface area contributed by atoms with Crippen LogP contribution in [0.5, 0.6) is 0 Å². The highest BCUT2D eigenvalue weighted by Gasteiger charge is 2.17. The molecule has 0 aliphatic carbocycles. The summed E-state index contributed by atoms with van der Waals surface area (Å²) in [5.41, 5.74) is 8.03. The van der Waals surface area contributed by atoms with E-state index in [4.69, 9.17) is 5.73 Å². The van der Waals surface area contributed by atoms with Gasteiger partial charge < -0.3 is 26.6 Å². The molecule has 1 aromatic carbocycles. The highest BCUT2D eigenvalue weighted by Crippen LogP contribution is 2.19. The number of nitrogens with one attached hydrogen (secondary N) is 3. The average molecular weight is 467 g/mol. The molecule has 0 spiro atoms. The van der Waals surface area contributed by atoms with Crippen molar-refractivity contribution in [3.05, 3.63) is 76.2 Å². The number of nitrogens with zero attached hydrogens (tertiary/aromatic N) is 2. The number of hydrogen-bond donors (Lipinski definition) is 4. The van der Waals surface area contributed by atoms with Gasteiger partial charge in [0.1, 0.15) is 5.69 Å². The number of thiophene rings is 1. The molecule has 3 aromatic rings. The Labute approximate surface area is 198 Å². The predicted octanol–water partition coefficient (Wildman–Crippen LogP) is 3.51. The molecule has 3 rings (SSSR count). The lowest BCUT2D eigenvalue weighted by Crippen LogP contribution is -2.39. The molecule has 8 nitrogen and oxygen atoms in total. The molecule has 3 amide bonds. The molecule has 0 fully saturated rings. The standard InChI is InChI=1S/C24H30N6O2S/c1-30(2)14-12-20(29-24(32)26-13-11-18-6-5-15-33-18)17-9-10-22(27-16-17)23(31)28-21-8-4-3-7-19(21)25/h3-10,15-16,20H,11-14,25H2,1-2H3,(H,28,31)(H2,26,29,32). The first-order chi connectivity index (χ1) is 15.9. The molecule has 0 radical (unpaired) electrons. The number of para-hydroxylation sites is 2. The Morgan fingerprint density at radius 3 is 2.61 bits per heavy atom. The Kier molecular flexibility index (Phi) is 8.79. The van der Waals surface area contributed by atoms with Gasteiger partial charge in [0.25, 0.3) is 5.91 Å². The minimum Gasteiger partial charge on any atom is -0.397 e. The molecule has 0 bridgehead atoms. The van der Waals surface area contributed by atoms with E-state index in [1.807, 2.05) is 31.6 Å². The second kappa shape index (κ2) is 12.0. The molecule has 9 heteroatoms. The van der Waals surface area contributed by atoms with Crippen molar-refractivity contribution in [3.8, 4) is 0 Å². The van der Waals surface area contributed by atoms with Gasteiger partial charge in [0, 0.05) is 17.6 Å². The van der Waals surface area contributed by atoms with Crippen LogP contribution in [0, 0.1) is 0 Å². The third kappa shape index (κ3) is 7.58. The maximum absolute atomic E-state index is 12.5. The molecule has 2 aromatic heterocycles. The van der Waals surface area contributed by atoms with Crippen LogP contribution in [0.2, 0.25) is 0 Å². The van der Waals surface area contributed by atoms with E-state index in [-0.39, 0.29) is 23.7 Å². The van der Waals surface area contributed by atoms with Crippen molar-refractivity contribution in [2.24, 2.45) is 0 Å². The van der Waals surface area contributed by atoms with E-state index in [1.165, 1.54) is 4.88 Å². The van der Waals surface area contributed by atoms with Crippen molar-refractivity contribution < 1.29 is 9.59 Å². The van der Waals surface area contributed by atoms with Crippen LogP contribution < -0.4 is 21.7 Å². The first kappa shape index (κ1) is 24.2. The molecule has 0 saturated carbocycles. The summed E-state index contributed by atoms with van der Waals surface area (Å²) in [6.07, 6.45) is 3.14. The minimum absolute atomic E-state index is 0.225. The number of hydrogen-bond acceptors (Lipinski definition) is 6. The zero-order chi connectivity index (χ0) is 23.6. The van der Waals surface area contributed by atoms with Gasteiger partial charge in [-0.2, -0.15) is 0 Å². The SMILES string of the molecule is CN(C)CCC(NC(=O)NCCc1cccs1)c1ccc(C(=O)Nc2ccccc2N)nc1. The number of amides is 3. The van der Waals surface area contributed by atoms with Gasteiger partial charge in [0.2, 0.25) is 0 Å². The Hall–Kier alpha value is -3.43. The number of urea groups is 1. The van der Waals surface area contributed by atoms with E-state index in [2.05, 4.69) is 31.9 Å². The molecule has 1 atom stereocenters. The maximum Gasteiger partial charge on any atom is 0.315 e. The van der Waals surface area contributed by atoms with Crippen LogP contribution in [-0.4, -0.2) is 49.0 Å². The van der Waals surface area contributed by atoms with Crippen molar-refractivity contribution in [2.45, 2.75) is 18.9 Å². The fourth-order valence-corrected chi connectivity index (χ4v) is 3.92. The van der Waals surface area contributed by atoms with Crippen LogP contribution in [0.1, 0.15) is 33.4 Å². The van der Waals surface area contributed by atoms with Crippen LogP contribution in [-0.2, 0) is 6.42 Å². The van der Waals surface area contributed by atoms with Crippen LogP contribution in [0.3, 0.4) is 0 Å². The average Bonchev–Trinajstić information content (AvgIpc) is 3.32. The smallest absolute Gasteiger partial charge is 0.315 e. The quantitative estimate of drug-likeness (QED) is 0.342. The number of nitrogens with two attached hydrogens (primary N) is 1. The second-order valence-electron chi connectivity index (χ2n) is 7.89. The zero-order valence-electron chi connectivity index (χ0n) is 18.9. The third-order valence-corrected chi connectivity index (χ3v) is 5.97. The lowest BCUT2D eigenvalue weighted by molar-refractivity contribution is 0.102. The van der Waals surface area contributed by atoms with Crippen LogP contribution in [0.15, 0.2) is 60.1 Å². The molecule has 174 valence electrons. The number of nitrogen functional groups attached to an aromatic ring is 1. The van der Waals surface area contributed by atoms with Crippen molar-refractivity contribution in [1.29, 1.82) is 0 Å². The number of aromatic nitrogens is 1. The molecular weight excluding hydrogens is 436 g/mol. The third-order valence-electron chi connectivity index (χ3n) is 5.04. The first-order valence-electron chi connectivity index (χ1n) is 10.8. The summed E-state index contributed by atoms with van der Waals surface area (Å²) in [5, 5.41) is 10.7. The van der Waals surface area contributed by atoms with E-state index in [0.29, 0.717) is 24.3 Å². The Morgan fingerprint density at radius 2 is 1.94 bits per heavy atom. The van der Waals surface area contributed by atoms with Crippen LogP contribution in [0.4, 0.5) is 16.2 Å². The molecule has 2 heterocycles. The molecule has 5 N–H and O–H groups in total. The van der Waals surface area contributed by atoms with Crippen molar-refractivity contribution in [3.63, 3.8) is 0 Å². The number of carbonyl (C=O) groups excluding carboxylic acids is 2. The molecular formula is C24H30N6O2S. The number of rotatable bonds is 10. The number of carbonyl (C=O) groups is 2. The largest absolute Gasteiger partial charge is 0.397 e. The van der Waals surface area contributed by atoms with Gasteiger partial charge in [-0.15, -0.1) is 11.3 Å². The van der Waals surface area contributed by atoms with Crippen molar-refractivity contribution in [1.82, 2.24) is 20.5 Å². The van der Waals surface area contributed by atoms with Gasteiger partial charge in [0.15, 0.2) is 0 Å². The van der Waals surface area contributed by atoms with E-state index < -0.39 is 0 Å². The molecule has 1 unspecified atom stereocenters. The first-order valence-corrected chi connectivity index (χ1v) is 11.6. The predicted molar refractivity (Wildman–Crippen MR) is 134 cm³/mol. The molecule has 33 heavy (non-hydrogen) atoms. The highest BCUT2D eigenvalue weighted by atomic mass is 32.1. The number of benzene rings is 1. The van der Waals surface area contributed by atoms with E-state index in [9.17, 15) is 9.59 Å². The molecule has 0 aliphatic heterocycles. The lowest BCUT2D eigenvalue weighted by atomic mass is 10.1. The van der Waals surface area contributed by atoms with Gasteiger partial charge in [-0.25, -0.2) is 4.79 Å². The Morgan fingerprint density at radius 1 is 1.12 bits per heavy atom. The van der Waals surface area contributed by atoms with Crippen molar-refractivity contribution >= 4 is 34.6 Å². The van der Waals surface area contributed by atoms with E-state index >= 15 is 0 Å². The van der Waals surface area contributed by atoms with E-state index in [1.54, 1.807) is 47.9 Å². The van der Waals surface area contributed by atoms with Crippen LogP contribution >= 0.6 is 11.3 Å².